The molecule has 1 N–H and O–H groups in total. The lowest BCUT2D eigenvalue weighted by Gasteiger charge is -2.50. The van der Waals surface area contributed by atoms with Gasteiger partial charge in [-0.2, -0.15) is 0 Å². The summed E-state index contributed by atoms with van der Waals surface area (Å²) in [7, 11) is 0. The quantitative estimate of drug-likeness (QED) is 0.101. The molecule has 6 rings (SSSR count). The summed E-state index contributed by atoms with van der Waals surface area (Å²) in [5.74, 6) is -5.58. The van der Waals surface area contributed by atoms with Crippen LogP contribution in [-0.2, 0) is 63.7 Å². The zero-order chi connectivity index (χ0) is 42.2. The van der Waals surface area contributed by atoms with Gasteiger partial charge in [0.15, 0.2) is 24.6 Å². The van der Waals surface area contributed by atoms with Crippen molar-refractivity contribution in [2.24, 2.45) is 0 Å². The Balaban J connectivity index is 1.45. The van der Waals surface area contributed by atoms with E-state index in [-0.39, 0.29) is 24.3 Å². The Bertz CT molecular complexity index is 1950. The van der Waals surface area contributed by atoms with Gasteiger partial charge in [0.1, 0.15) is 48.4 Å². The predicted molar refractivity (Wildman–Crippen MR) is 206 cm³/mol. The summed E-state index contributed by atoms with van der Waals surface area (Å²) < 4.78 is 47.4. The molecule has 10 atom stereocenters. The normalized spacial score (nSPS) is 27.7. The van der Waals surface area contributed by atoms with E-state index in [0.29, 0.717) is 4.90 Å². The van der Waals surface area contributed by atoms with Gasteiger partial charge in [-0.05, 0) is 29.8 Å². The molecular weight excluding hydrogens is 814 g/mol. The Hall–Kier alpha value is -4.88. The number of hydrogen-bond acceptors (Lipinski definition) is 16. The second-order valence-electron chi connectivity index (χ2n) is 13.7. The van der Waals surface area contributed by atoms with Gasteiger partial charge in [-0.15, -0.1) is 11.6 Å². The highest BCUT2D eigenvalue weighted by Gasteiger charge is 2.58. The molecule has 0 radical (unpaired) electrons. The largest absolute Gasteiger partial charge is 0.463 e. The lowest BCUT2D eigenvalue weighted by Crippen LogP contribution is -2.68. The number of ether oxygens (including phenoxy) is 8. The van der Waals surface area contributed by atoms with Crippen LogP contribution in [0.1, 0.15) is 47.1 Å². The number of esters is 4. The molecule has 3 aromatic carbocycles. The summed E-state index contributed by atoms with van der Waals surface area (Å²) in [4.78, 5) is 80.0. The smallest absolute Gasteiger partial charge is 0.321 e. The first-order valence-corrected chi connectivity index (χ1v) is 20.0. The number of carbonyl (C=O) groups excluding carboxylic acids is 6. The number of hydrogen-bond donors (Lipinski definition) is 1. The maximum absolute atomic E-state index is 14.2. The summed E-state index contributed by atoms with van der Waals surface area (Å²) in [6, 6.07) is 23.0. The van der Waals surface area contributed by atoms with Crippen LogP contribution in [0, 0.1) is 0 Å². The van der Waals surface area contributed by atoms with Crippen LogP contribution in [0.3, 0.4) is 0 Å². The molecule has 0 bridgehead atoms. The summed E-state index contributed by atoms with van der Waals surface area (Å²) in [5, 5.41) is 12.3. The minimum atomic E-state index is -1.82. The van der Waals surface area contributed by atoms with Crippen molar-refractivity contribution in [3.05, 3.63) is 102 Å². The second-order valence-corrected chi connectivity index (χ2v) is 15.1. The lowest BCUT2D eigenvalue weighted by atomic mass is 9.95. The van der Waals surface area contributed by atoms with E-state index in [1.165, 1.54) is 12.1 Å². The molecule has 3 aromatic rings. The topological polar surface area (TPSA) is 200 Å². The van der Waals surface area contributed by atoms with E-state index < -0.39 is 109 Å². The van der Waals surface area contributed by atoms with E-state index in [4.69, 9.17) is 49.5 Å². The van der Waals surface area contributed by atoms with Crippen LogP contribution in [0.25, 0.3) is 0 Å². The monoisotopic (exact) mass is 855 g/mol. The van der Waals surface area contributed by atoms with Gasteiger partial charge in [0.2, 0.25) is 0 Å². The summed E-state index contributed by atoms with van der Waals surface area (Å²) in [6.07, 6.45) is -12.7. The highest BCUT2D eigenvalue weighted by molar-refractivity contribution is 7.99. The molecule has 0 spiro atoms. The van der Waals surface area contributed by atoms with Gasteiger partial charge >= 0.3 is 23.9 Å². The highest BCUT2D eigenvalue weighted by Crippen LogP contribution is 2.42. The standard InChI is InChI=1S/C41H42ClNO15S/c1-22(44)52-21-30-34(53-23(2)45)36(57-31(47)18-42)37(54-24(3)46)40(55-30)58-35-32(43-38(49)27-16-10-11-17-28(27)39(43)50)41(59-26-14-8-5-9-15-26)56-29(33(35)48)20-51-19-25-12-6-4-7-13-25/h4-17,29-30,32-37,40-41,48H,18-21H2,1-3H3/t29-,30-,32-,33-,34+,35-,36+,37-,40+,41+/m1/s1. The van der Waals surface area contributed by atoms with Crippen molar-refractivity contribution in [3.63, 3.8) is 0 Å². The average Bonchev–Trinajstić information content (AvgIpc) is 3.46. The zero-order valence-corrected chi connectivity index (χ0v) is 33.7. The van der Waals surface area contributed by atoms with Crippen molar-refractivity contribution >= 4 is 59.1 Å². The van der Waals surface area contributed by atoms with Crippen LogP contribution >= 0.6 is 23.4 Å². The number of carbonyl (C=O) groups is 6. The zero-order valence-electron chi connectivity index (χ0n) is 32.1. The van der Waals surface area contributed by atoms with Crippen molar-refractivity contribution in [2.45, 2.75) is 92.8 Å². The van der Waals surface area contributed by atoms with E-state index in [0.717, 1.165) is 43.0 Å². The van der Waals surface area contributed by atoms with Gasteiger partial charge in [0.25, 0.3) is 11.8 Å². The highest BCUT2D eigenvalue weighted by atomic mass is 35.5. The first-order valence-electron chi connectivity index (χ1n) is 18.5. The summed E-state index contributed by atoms with van der Waals surface area (Å²) in [6.45, 7) is 2.62. The van der Waals surface area contributed by atoms with Crippen LogP contribution in [0.2, 0.25) is 0 Å². The van der Waals surface area contributed by atoms with E-state index in [1.54, 1.807) is 36.4 Å². The third-order valence-corrected chi connectivity index (χ3v) is 10.9. The number of aliphatic hydroxyl groups is 1. The summed E-state index contributed by atoms with van der Waals surface area (Å²) >= 11 is 6.96. The van der Waals surface area contributed by atoms with Crippen LogP contribution in [-0.4, -0.2) is 125 Å². The first kappa shape index (κ1) is 43.7. The molecule has 2 amide bonds. The number of amides is 2. The Labute approximate surface area is 348 Å². The molecule has 314 valence electrons. The molecular formula is C41H42ClNO15S. The van der Waals surface area contributed by atoms with Gasteiger partial charge in [-0.1, -0.05) is 72.4 Å². The van der Waals surface area contributed by atoms with Crippen LogP contribution in [0.15, 0.2) is 89.8 Å². The molecule has 2 fully saturated rings. The van der Waals surface area contributed by atoms with E-state index >= 15 is 0 Å². The third-order valence-electron chi connectivity index (χ3n) is 9.47. The molecule has 3 aliphatic heterocycles. The first-order chi connectivity index (χ1) is 28.4. The molecule has 16 nitrogen and oxygen atoms in total. The van der Waals surface area contributed by atoms with E-state index in [1.807, 2.05) is 36.4 Å². The number of rotatable bonds is 15. The van der Waals surface area contributed by atoms with E-state index in [2.05, 4.69) is 0 Å². The number of alkyl halides is 1. The van der Waals surface area contributed by atoms with Gasteiger partial charge in [0.05, 0.1) is 24.3 Å². The van der Waals surface area contributed by atoms with Gasteiger partial charge in [0, 0.05) is 25.7 Å². The molecule has 18 heteroatoms. The fourth-order valence-electron chi connectivity index (χ4n) is 6.99. The van der Waals surface area contributed by atoms with Gasteiger partial charge in [-0.25, -0.2) is 0 Å². The van der Waals surface area contributed by atoms with Crippen molar-refractivity contribution in [1.29, 1.82) is 0 Å². The number of fused-ring (bicyclic) bond motifs is 1. The van der Waals surface area contributed by atoms with Crippen LogP contribution in [0.5, 0.6) is 0 Å². The maximum Gasteiger partial charge on any atom is 0.321 e. The van der Waals surface area contributed by atoms with Crippen molar-refractivity contribution in [3.8, 4) is 0 Å². The van der Waals surface area contributed by atoms with Gasteiger partial charge < -0.3 is 43.0 Å². The Morgan fingerprint density at radius 3 is 1.90 bits per heavy atom. The molecule has 0 saturated carbocycles. The maximum atomic E-state index is 14.2. The van der Waals surface area contributed by atoms with Crippen molar-refractivity contribution < 1.29 is 71.8 Å². The number of imide groups is 1. The minimum absolute atomic E-state index is 0.105. The second kappa shape index (κ2) is 19.9. The predicted octanol–water partition coefficient (Wildman–Crippen LogP) is 3.43. The van der Waals surface area contributed by atoms with Gasteiger partial charge in [-0.3, -0.25) is 33.7 Å². The minimum Gasteiger partial charge on any atom is -0.463 e. The number of halogens is 1. The summed E-state index contributed by atoms with van der Waals surface area (Å²) in [5.41, 5.74) is -0.0891. The van der Waals surface area contributed by atoms with E-state index in [9.17, 15) is 33.9 Å². The molecule has 0 unspecified atom stereocenters. The number of thioether (sulfide) groups is 1. The van der Waals surface area contributed by atoms with Crippen LogP contribution in [0.4, 0.5) is 0 Å². The molecule has 0 aromatic heterocycles. The Kier molecular flexibility index (Phi) is 14.7. The Morgan fingerprint density at radius 1 is 0.712 bits per heavy atom. The number of aliphatic hydroxyl groups excluding tert-OH is 1. The molecule has 2 saturated heterocycles. The fraction of sp³-hybridized carbons (Fsp3) is 0.415. The fourth-order valence-corrected chi connectivity index (χ4v) is 8.25. The molecule has 3 aliphatic rings. The molecule has 0 aliphatic carbocycles. The molecule has 59 heavy (non-hydrogen) atoms. The third kappa shape index (κ3) is 10.5. The van der Waals surface area contributed by atoms with Crippen molar-refractivity contribution in [2.75, 3.05) is 19.1 Å². The lowest BCUT2D eigenvalue weighted by molar-refractivity contribution is -0.335. The van der Waals surface area contributed by atoms with Crippen LogP contribution < -0.4 is 0 Å². The number of nitrogens with zero attached hydrogens (tertiary/aromatic N) is 1. The average molecular weight is 856 g/mol. The molecule has 3 heterocycles. The van der Waals surface area contributed by atoms with Crippen molar-refractivity contribution in [1.82, 2.24) is 4.90 Å². The Morgan fingerprint density at radius 2 is 1.31 bits per heavy atom. The number of benzene rings is 3. The SMILES string of the molecule is CC(=O)OC[C@H]1O[C@@H](O[C@H]2[C@H](O)[C@@H](COCc3ccccc3)O[C@@H](Sc3ccccc3)[C@@H]2N2C(=O)c3ccccc3C2=O)[C@H](OC(C)=O)[C@@H](OC(=O)CCl)[C@H]1OC(C)=O.